The summed E-state index contributed by atoms with van der Waals surface area (Å²) in [6.07, 6.45) is 4.23. The first-order valence-electron chi connectivity index (χ1n) is 7.35. The second-order valence-electron chi connectivity index (χ2n) is 5.20. The molecule has 1 fully saturated rings. The molecular weight excluding hydrogens is 270 g/mol. The van der Waals surface area contributed by atoms with E-state index in [0.717, 1.165) is 25.7 Å². The number of hydrogen-bond acceptors (Lipinski definition) is 4. The van der Waals surface area contributed by atoms with Crippen molar-refractivity contribution >= 4 is 5.91 Å². The Bertz CT molecular complexity index is 461. The Hall–Kier alpha value is -1.75. The standard InChI is InChI=1S/C16H23NO4/c1-20-13-8-5-9-14(21-2)15(13)16(19)17(10-11-18)12-6-3-4-7-12/h5,8-9,12,18H,3-4,6-7,10-11H2,1-2H3. The molecule has 0 bridgehead atoms. The zero-order valence-electron chi connectivity index (χ0n) is 12.7. The molecule has 1 saturated carbocycles. The van der Waals surface area contributed by atoms with E-state index in [2.05, 4.69) is 0 Å². The molecule has 5 nitrogen and oxygen atoms in total. The summed E-state index contributed by atoms with van der Waals surface area (Å²) >= 11 is 0. The number of benzene rings is 1. The van der Waals surface area contributed by atoms with Gasteiger partial charge in [-0.05, 0) is 25.0 Å². The average molecular weight is 293 g/mol. The molecule has 0 heterocycles. The van der Waals surface area contributed by atoms with E-state index in [-0.39, 0.29) is 18.6 Å². The van der Waals surface area contributed by atoms with Crippen LogP contribution in [0.25, 0.3) is 0 Å². The molecule has 1 amide bonds. The van der Waals surface area contributed by atoms with Crippen LogP contribution in [0, 0.1) is 0 Å². The number of aliphatic hydroxyl groups is 1. The maximum Gasteiger partial charge on any atom is 0.261 e. The largest absolute Gasteiger partial charge is 0.496 e. The highest BCUT2D eigenvalue weighted by Gasteiger charge is 2.30. The molecular formula is C16H23NO4. The molecule has 0 spiro atoms. The maximum absolute atomic E-state index is 12.9. The number of aliphatic hydroxyl groups excluding tert-OH is 1. The van der Waals surface area contributed by atoms with Gasteiger partial charge in [-0.2, -0.15) is 0 Å². The van der Waals surface area contributed by atoms with Crippen LogP contribution in [-0.2, 0) is 0 Å². The number of ether oxygens (including phenoxy) is 2. The first kappa shape index (κ1) is 15.6. The molecule has 0 aliphatic heterocycles. The fourth-order valence-corrected chi connectivity index (χ4v) is 2.98. The van der Waals surface area contributed by atoms with Crippen molar-refractivity contribution in [3.05, 3.63) is 23.8 Å². The summed E-state index contributed by atoms with van der Waals surface area (Å²) in [4.78, 5) is 14.7. The van der Waals surface area contributed by atoms with Gasteiger partial charge in [-0.15, -0.1) is 0 Å². The Morgan fingerprint density at radius 3 is 2.29 bits per heavy atom. The van der Waals surface area contributed by atoms with Gasteiger partial charge < -0.3 is 19.5 Å². The third kappa shape index (κ3) is 3.29. The predicted molar refractivity (Wildman–Crippen MR) is 79.9 cm³/mol. The van der Waals surface area contributed by atoms with Crippen LogP contribution in [0.15, 0.2) is 18.2 Å². The molecule has 1 aromatic rings. The fourth-order valence-electron chi connectivity index (χ4n) is 2.98. The topological polar surface area (TPSA) is 59.0 Å². The van der Waals surface area contributed by atoms with Crippen LogP contribution in [0.1, 0.15) is 36.0 Å². The Morgan fingerprint density at radius 2 is 1.81 bits per heavy atom. The van der Waals surface area contributed by atoms with Crippen LogP contribution < -0.4 is 9.47 Å². The second kappa shape index (κ2) is 7.31. The zero-order valence-corrected chi connectivity index (χ0v) is 12.7. The van der Waals surface area contributed by atoms with E-state index in [9.17, 15) is 9.90 Å². The minimum absolute atomic E-state index is 0.0420. The number of carbonyl (C=O) groups excluding carboxylic acids is 1. The Balaban J connectivity index is 2.35. The van der Waals surface area contributed by atoms with Gasteiger partial charge in [0.1, 0.15) is 17.1 Å². The van der Waals surface area contributed by atoms with Gasteiger partial charge in [-0.3, -0.25) is 4.79 Å². The first-order chi connectivity index (χ1) is 10.2. The third-order valence-corrected chi connectivity index (χ3v) is 4.01. The number of carbonyl (C=O) groups is 1. The van der Waals surface area contributed by atoms with E-state index in [1.165, 1.54) is 14.2 Å². The summed E-state index contributed by atoms with van der Waals surface area (Å²) in [5, 5.41) is 9.29. The average Bonchev–Trinajstić information content (AvgIpc) is 3.05. The van der Waals surface area contributed by atoms with Crippen molar-refractivity contribution in [2.45, 2.75) is 31.7 Å². The van der Waals surface area contributed by atoms with Crippen LogP contribution in [0.4, 0.5) is 0 Å². The molecule has 5 heteroatoms. The summed E-state index contributed by atoms with van der Waals surface area (Å²) in [6.45, 7) is 0.296. The van der Waals surface area contributed by atoms with E-state index in [0.29, 0.717) is 23.6 Å². The minimum Gasteiger partial charge on any atom is -0.496 e. The Kier molecular flexibility index (Phi) is 5.44. The lowest BCUT2D eigenvalue weighted by Gasteiger charge is -2.29. The Labute approximate surface area is 125 Å². The molecule has 2 rings (SSSR count). The highest BCUT2D eigenvalue weighted by molar-refractivity contribution is 6.00. The lowest BCUT2D eigenvalue weighted by molar-refractivity contribution is 0.0631. The molecule has 1 aliphatic carbocycles. The van der Waals surface area contributed by atoms with Crippen LogP contribution in [0.3, 0.4) is 0 Å². The van der Waals surface area contributed by atoms with Gasteiger partial charge in [0.2, 0.25) is 0 Å². The Morgan fingerprint density at radius 1 is 1.24 bits per heavy atom. The number of methoxy groups -OCH3 is 2. The van der Waals surface area contributed by atoms with Gasteiger partial charge in [0.25, 0.3) is 5.91 Å². The summed E-state index contributed by atoms with van der Waals surface area (Å²) in [5.74, 6) is 0.867. The van der Waals surface area contributed by atoms with Gasteiger partial charge >= 0.3 is 0 Å². The summed E-state index contributed by atoms with van der Waals surface area (Å²) < 4.78 is 10.6. The maximum atomic E-state index is 12.9. The molecule has 1 aliphatic rings. The minimum atomic E-state index is -0.134. The predicted octanol–water partition coefficient (Wildman–Crippen LogP) is 2.08. The molecule has 0 unspecified atom stereocenters. The molecule has 1 aromatic carbocycles. The van der Waals surface area contributed by atoms with Gasteiger partial charge in [0.15, 0.2) is 0 Å². The first-order valence-corrected chi connectivity index (χ1v) is 7.35. The van der Waals surface area contributed by atoms with E-state index >= 15 is 0 Å². The zero-order chi connectivity index (χ0) is 15.2. The van der Waals surface area contributed by atoms with E-state index in [1.54, 1.807) is 23.1 Å². The fraction of sp³-hybridized carbons (Fsp3) is 0.562. The highest BCUT2D eigenvalue weighted by atomic mass is 16.5. The SMILES string of the molecule is COc1cccc(OC)c1C(=O)N(CCO)C1CCCC1. The number of rotatable bonds is 6. The van der Waals surface area contributed by atoms with Crippen LogP contribution in [0.2, 0.25) is 0 Å². The molecule has 0 saturated heterocycles. The lowest BCUT2D eigenvalue weighted by atomic mass is 10.1. The van der Waals surface area contributed by atoms with Crippen molar-refractivity contribution in [1.82, 2.24) is 4.90 Å². The monoisotopic (exact) mass is 293 g/mol. The second-order valence-corrected chi connectivity index (χ2v) is 5.20. The van der Waals surface area contributed by atoms with Crippen molar-refractivity contribution in [2.75, 3.05) is 27.4 Å². The van der Waals surface area contributed by atoms with Crippen molar-refractivity contribution < 1.29 is 19.4 Å². The van der Waals surface area contributed by atoms with E-state index in [4.69, 9.17) is 9.47 Å². The number of hydrogen-bond donors (Lipinski definition) is 1. The lowest BCUT2D eigenvalue weighted by Crippen LogP contribution is -2.41. The molecule has 21 heavy (non-hydrogen) atoms. The summed E-state index contributed by atoms with van der Waals surface area (Å²) in [6, 6.07) is 5.49. The molecule has 0 aromatic heterocycles. The van der Waals surface area contributed by atoms with Crippen molar-refractivity contribution in [2.24, 2.45) is 0 Å². The number of amides is 1. The van der Waals surface area contributed by atoms with Crippen molar-refractivity contribution in [1.29, 1.82) is 0 Å². The summed E-state index contributed by atoms with van der Waals surface area (Å²) in [7, 11) is 3.08. The van der Waals surface area contributed by atoms with Gasteiger partial charge in [-0.25, -0.2) is 0 Å². The van der Waals surface area contributed by atoms with Crippen LogP contribution in [0.5, 0.6) is 11.5 Å². The van der Waals surface area contributed by atoms with E-state index in [1.807, 2.05) is 0 Å². The quantitative estimate of drug-likeness (QED) is 0.872. The van der Waals surface area contributed by atoms with Crippen molar-refractivity contribution in [3.8, 4) is 11.5 Å². The normalized spacial score (nSPS) is 15.0. The summed E-state index contributed by atoms with van der Waals surface area (Å²) in [5.41, 5.74) is 0.433. The molecule has 116 valence electrons. The highest BCUT2D eigenvalue weighted by Crippen LogP contribution is 2.32. The van der Waals surface area contributed by atoms with E-state index < -0.39 is 0 Å². The molecule has 1 N–H and O–H groups in total. The van der Waals surface area contributed by atoms with Crippen molar-refractivity contribution in [3.63, 3.8) is 0 Å². The number of nitrogens with zero attached hydrogens (tertiary/aromatic N) is 1. The van der Waals surface area contributed by atoms with Crippen LogP contribution >= 0.6 is 0 Å². The van der Waals surface area contributed by atoms with Gasteiger partial charge in [-0.1, -0.05) is 18.9 Å². The molecule has 0 atom stereocenters. The van der Waals surface area contributed by atoms with Gasteiger partial charge in [0.05, 0.1) is 20.8 Å². The smallest absolute Gasteiger partial charge is 0.261 e. The van der Waals surface area contributed by atoms with Crippen LogP contribution in [-0.4, -0.2) is 49.3 Å². The van der Waals surface area contributed by atoms with Gasteiger partial charge in [0, 0.05) is 12.6 Å². The molecule has 0 radical (unpaired) electrons. The third-order valence-electron chi connectivity index (χ3n) is 4.01.